The van der Waals surface area contributed by atoms with Gasteiger partial charge in [-0.25, -0.2) is 0 Å². The van der Waals surface area contributed by atoms with E-state index < -0.39 is 0 Å². The molecule has 0 spiro atoms. The van der Waals surface area contributed by atoms with Gasteiger partial charge in [0.25, 0.3) is 0 Å². The number of thiophene rings is 1. The van der Waals surface area contributed by atoms with Gasteiger partial charge in [0.15, 0.2) is 0 Å². The van der Waals surface area contributed by atoms with E-state index >= 15 is 0 Å². The summed E-state index contributed by atoms with van der Waals surface area (Å²) in [6.07, 6.45) is 0.991. The van der Waals surface area contributed by atoms with Crippen molar-refractivity contribution in [2.75, 3.05) is 6.61 Å². The van der Waals surface area contributed by atoms with E-state index in [0.717, 1.165) is 12.0 Å². The molecule has 2 aromatic rings. The molecule has 1 aromatic carbocycles. The van der Waals surface area contributed by atoms with E-state index in [9.17, 15) is 5.11 Å². The van der Waals surface area contributed by atoms with Gasteiger partial charge in [0.05, 0.1) is 12.6 Å². The Bertz CT molecular complexity index is 483. The van der Waals surface area contributed by atoms with Gasteiger partial charge in [-0.15, -0.1) is 11.3 Å². The van der Waals surface area contributed by atoms with Crippen LogP contribution in [0.5, 0.6) is 0 Å². The van der Waals surface area contributed by atoms with Crippen LogP contribution < -0.4 is 5.32 Å². The van der Waals surface area contributed by atoms with Crippen LogP contribution in [0.25, 0.3) is 0 Å². The van der Waals surface area contributed by atoms with Gasteiger partial charge in [0.1, 0.15) is 0 Å². The Labute approximate surface area is 123 Å². The van der Waals surface area contributed by atoms with Crippen molar-refractivity contribution in [3.8, 4) is 0 Å². The molecule has 2 atom stereocenters. The quantitative estimate of drug-likeness (QED) is 0.838. The summed E-state index contributed by atoms with van der Waals surface area (Å²) in [5.74, 6) is 0. The molecule has 0 aliphatic carbocycles. The Morgan fingerprint density at radius 2 is 1.95 bits per heavy atom. The van der Waals surface area contributed by atoms with E-state index in [1.165, 1.54) is 4.88 Å². The van der Waals surface area contributed by atoms with Crippen LogP contribution in [-0.4, -0.2) is 11.7 Å². The maximum absolute atomic E-state index is 9.60. The van der Waals surface area contributed by atoms with E-state index in [-0.39, 0.29) is 18.7 Å². The molecular formula is C15H18ClNOS. The molecule has 4 heteroatoms. The predicted molar refractivity (Wildman–Crippen MR) is 81.8 cm³/mol. The molecule has 0 saturated carbocycles. The molecule has 0 saturated heterocycles. The second kappa shape index (κ2) is 7.06. The smallest absolute Gasteiger partial charge is 0.0626 e. The fourth-order valence-corrected chi connectivity index (χ4v) is 3.08. The van der Waals surface area contributed by atoms with Crippen molar-refractivity contribution >= 4 is 22.9 Å². The standard InChI is InChI=1S/C15H18ClNOS/c1-2-13(15-4-3-9-19-15)17-14(10-18)11-5-7-12(16)8-6-11/h3-9,13-14,17-18H,2,10H2,1H3. The zero-order chi connectivity index (χ0) is 13.7. The molecule has 2 nitrogen and oxygen atoms in total. The van der Waals surface area contributed by atoms with Gasteiger partial charge in [0, 0.05) is 15.9 Å². The summed E-state index contributed by atoms with van der Waals surface area (Å²) in [4.78, 5) is 1.30. The summed E-state index contributed by atoms with van der Waals surface area (Å²) < 4.78 is 0. The first-order chi connectivity index (χ1) is 9.24. The monoisotopic (exact) mass is 295 g/mol. The second-order valence-electron chi connectivity index (χ2n) is 4.43. The number of aliphatic hydroxyl groups is 1. The number of rotatable bonds is 6. The molecule has 0 aliphatic rings. The van der Waals surface area contributed by atoms with Crippen molar-refractivity contribution in [2.45, 2.75) is 25.4 Å². The van der Waals surface area contributed by atoms with Gasteiger partial charge in [0.2, 0.25) is 0 Å². The lowest BCUT2D eigenvalue weighted by molar-refractivity contribution is 0.232. The van der Waals surface area contributed by atoms with Gasteiger partial charge in [-0.3, -0.25) is 0 Å². The molecule has 19 heavy (non-hydrogen) atoms. The number of benzene rings is 1. The lowest BCUT2D eigenvalue weighted by Crippen LogP contribution is -2.28. The summed E-state index contributed by atoms with van der Waals surface area (Å²) in [5, 5.41) is 15.9. The molecule has 2 unspecified atom stereocenters. The third kappa shape index (κ3) is 3.80. The first-order valence-corrected chi connectivity index (χ1v) is 7.66. The van der Waals surface area contributed by atoms with Gasteiger partial charge < -0.3 is 10.4 Å². The fraction of sp³-hybridized carbons (Fsp3) is 0.333. The SMILES string of the molecule is CCC(NC(CO)c1ccc(Cl)cc1)c1cccs1. The highest BCUT2D eigenvalue weighted by Crippen LogP contribution is 2.26. The summed E-state index contributed by atoms with van der Waals surface area (Å²) in [6, 6.07) is 12.0. The van der Waals surface area contributed by atoms with E-state index in [2.05, 4.69) is 29.8 Å². The molecule has 1 aromatic heterocycles. The molecule has 0 amide bonds. The Morgan fingerprint density at radius 1 is 1.21 bits per heavy atom. The Kier molecular flexibility index (Phi) is 5.40. The number of hydrogen-bond acceptors (Lipinski definition) is 3. The Hall–Kier alpha value is -0.870. The van der Waals surface area contributed by atoms with Crippen LogP contribution in [0.3, 0.4) is 0 Å². The number of hydrogen-bond donors (Lipinski definition) is 2. The van der Waals surface area contributed by atoms with Crippen LogP contribution in [0.2, 0.25) is 5.02 Å². The summed E-state index contributed by atoms with van der Waals surface area (Å²) >= 11 is 7.63. The van der Waals surface area contributed by atoms with E-state index in [0.29, 0.717) is 5.02 Å². The molecule has 102 valence electrons. The third-order valence-corrected chi connectivity index (χ3v) is 4.39. The highest BCUT2D eigenvalue weighted by atomic mass is 35.5. The van der Waals surface area contributed by atoms with Crippen LogP contribution in [0.1, 0.15) is 35.9 Å². The zero-order valence-corrected chi connectivity index (χ0v) is 12.4. The molecule has 0 bridgehead atoms. The minimum atomic E-state index is -0.0654. The van der Waals surface area contributed by atoms with E-state index in [1.54, 1.807) is 11.3 Å². The molecule has 1 heterocycles. The normalized spacial score (nSPS) is 14.3. The maximum Gasteiger partial charge on any atom is 0.0626 e. The van der Waals surface area contributed by atoms with Crippen LogP contribution in [0.4, 0.5) is 0 Å². The molecule has 0 aliphatic heterocycles. The number of aliphatic hydroxyl groups excluding tert-OH is 1. The number of halogens is 1. The van der Waals surface area contributed by atoms with Crippen molar-refractivity contribution in [3.63, 3.8) is 0 Å². The topological polar surface area (TPSA) is 32.3 Å². The highest BCUT2D eigenvalue weighted by molar-refractivity contribution is 7.10. The summed E-state index contributed by atoms with van der Waals surface area (Å²) in [5.41, 5.74) is 1.06. The van der Waals surface area contributed by atoms with Crippen LogP contribution >= 0.6 is 22.9 Å². The van der Waals surface area contributed by atoms with Crippen LogP contribution in [0.15, 0.2) is 41.8 Å². The maximum atomic E-state index is 9.60. The first-order valence-electron chi connectivity index (χ1n) is 6.40. The molecule has 2 N–H and O–H groups in total. The van der Waals surface area contributed by atoms with E-state index in [4.69, 9.17) is 11.6 Å². The van der Waals surface area contributed by atoms with E-state index in [1.807, 2.05) is 24.3 Å². The van der Waals surface area contributed by atoms with Gasteiger partial charge >= 0.3 is 0 Å². The lowest BCUT2D eigenvalue weighted by atomic mass is 10.1. The third-order valence-electron chi connectivity index (χ3n) is 3.15. The van der Waals surface area contributed by atoms with Gasteiger partial charge in [-0.2, -0.15) is 0 Å². The Morgan fingerprint density at radius 3 is 2.47 bits per heavy atom. The fourth-order valence-electron chi connectivity index (χ4n) is 2.08. The van der Waals surface area contributed by atoms with Crippen molar-refractivity contribution in [3.05, 3.63) is 57.2 Å². The average molecular weight is 296 g/mol. The molecule has 0 fully saturated rings. The van der Waals surface area contributed by atoms with Gasteiger partial charge in [-0.05, 0) is 35.6 Å². The molecule has 0 radical (unpaired) electrons. The summed E-state index contributed by atoms with van der Waals surface area (Å²) in [6.45, 7) is 2.22. The second-order valence-corrected chi connectivity index (χ2v) is 5.85. The van der Waals surface area contributed by atoms with Crippen LogP contribution in [-0.2, 0) is 0 Å². The van der Waals surface area contributed by atoms with Crippen molar-refractivity contribution < 1.29 is 5.11 Å². The largest absolute Gasteiger partial charge is 0.394 e. The molecular weight excluding hydrogens is 278 g/mol. The van der Waals surface area contributed by atoms with Gasteiger partial charge in [-0.1, -0.05) is 36.7 Å². The lowest BCUT2D eigenvalue weighted by Gasteiger charge is -2.23. The van der Waals surface area contributed by atoms with Crippen LogP contribution in [0, 0.1) is 0 Å². The first kappa shape index (κ1) is 14.5. The molecule has 2 rings (SSSR count). The highest BCUT2D eigenvalue weighted by Gasteiger charge is 2.17. The number of nitrogens with one attached hydrogen (secondary N) is 1. The Balaban J connectivity index is 2.11. The minimum absolute atomic E-state index is 0.0654. The average Bonchev–Trinajstić information content (AvgIpc) is 2.95. The van der Waals surface area contributed by atoms with Crippen molar-refractivity contribution in [2.24, 2.45) is 0 Å². The predicted octanol–water partition coefficient (Wildman–Crippen LogP) is 4.18. The summed E-state index contributed by atoms with van der Waals surface area (Å²) in [7, 11) is 0. The minimum Gasteiger partial charge on any atom is -0.394 e. The zero-order valence-electron chi connectivity index (χ0n) is 10.8. The van der Waals surface area contributed by atoms with Crippen molar-refractivity contribution in [1.29, 1.82) is 0 Å². The van der Waals surface area contributed by atoms with Crippen molar-refractivity contribution in [1.82, 2.24) is 5.32 Å².